The highest BCUT2D eigenvalue weighted by atomic mass is 35.5. The van der Waals surface area contributed by atoms with Crippen molar-refractivity contribution in [3.8, 4) is 28.1 Å². The number of carboxylic acids is 1. The minimum Gasteiger partial charge on any atom is -0.496 e. The summed E-state index contributed by atoms with van der Waals surface area (Å²) in [6, 6.07) is 15.8. The number of carbonyl (C=O) groups excluding carboxylic acids is 1. The average Bonchev–Trinajstić information content (AvgIpc) is 3.78. The number of hydrogen-bond donors (Lipinski definition) is 5. The molecule has 2 aliphatic rings. The molecule has 14 heteroatoms. The second-order valence-electron chi connectivity index (χ2n) is 13.2. The first kappa shape index (κ1) is 36.0. The molecule has 0 radical (unpaired) electrons. The standard InChI is InChI=1S/C38H39Cl2N7O4S/c1-51-30-16-29(44-18-22(30)17-41-19-24-12-13-32(48)45-24)27-6-2-4-25(34(27)39)26-5-3-7-28(35(26)40)46-37-36-31(14-15-42-37)52-33(47-36)20-43-23-10-8-21(9-11-23)38(49)50/h2-7,14-16,18,21,23-24,41,43H,8-13,17,19-20H2,1H3,(H,42,46)(H,45,48)(H,49,50)/t21?,23?,24-/m0/s1. The van der Waals surface area contributed by atoms with Crippen LogP contribution in [-0.2, 0) is 22.7 Å². The molecular formula is C38H39Cl2N7O4S. The van der Waals surface area contributed by atoms with Crippen molar-refractivity contribution >= 4 is 68.1 Å². The third-order valence-electron chi connectivity index (χ3n) is 9.74. The summed E-state index contributed by atoms with van der Waals surface area (Å²) >= 11 is 15.8. The van der Waals surface area contributed by atoms with Gasteiger partial charge in [-0.15, -0.1) is 11.3 Å². The number of rotatable bonds is 13. The molecule has 0 unspecified atom stereocenters. The van der Waals surface area contributed by atoms with Crippen LogP contribution in [-0.4, -0.2) is 57.7 Å². The quantitative estimate of drug-likeness (QED) is 0.0813. The predicted octanol–water partition coefficient (Wildman–Crippen LogP) is 7.58. The number of ether oxygens (including phenoxy) is 1. The summed E-state index contributed by atoms with van der Waals surface area (Å²) in [5.41, 5.74) is 5.23. The first-order chi connectivity index (χ1) is 25.3. The van der Waals surface area contributed by atoms with Crippen LogP contribution < -0.4 is 26.0 Å². The zero-order valence-corrected chi connectivity index (χ0v) is 30.9. The molecule has 0 spiro atoms. The number of halogens is 2. The lowest BCUT2D eigenvalue weighted by molar-refractivity contribution is -0.142. The number of anilines is 2. The summed E-state index contributed by atoms with van der Waals surface area (Å²) in [5, 5.41) is 24.6. The molecule has 2 fully saturated rings. The second kappa shape index (κ2) is 16.1. The van der Waals surface area contributed by atoms with Gasteiger partial charge in [0.25, 0.3) is 0 Å². The van der Waals surface area contributed by atoms with E-state index >= 15 is 0 Å². The van der Waals surface area contributed by atoms with Gasteiger partial charge in [-0.25, -0.2) is 9.97 Å². The van der Waals surface area contributed by atoms with Crippen LogP contribution in [0, 0.1) is 5.92 Å². The number of benzene rings is 2. The van der Waals surface area contributed by atoms with Gasteiger partial charge in [0.1, 0.15) is 16.3 Å². The Bertz CT molecular complexity index is 2100. The van der Waals surface area contributed by atoms with E-state index in [0.29, 0.717) is 71.9 Å². The van der Waals surface area contributed by atoms with Gasteiger partial charge in [-0.3, -0.25) is 14.6 Å². The minimum absolute atomic E-state index is 0.0957. The van der Waals surface area contributed by atoms with Crippen molar-refractivity contribution in [3.63, 3.8) is 0 Å². The lowest BCUT2D eigenvalue weighted by Crippen LogP contribution is -2.35. The van der Waals surface area contributed by atoms with Gasteiger partial charge in [-0.05, 0) is 44.2 Å². The monoisotopic (exact) mass is 759 g/mol. The van der Waals surface area contributed by atoms with Gasteiger partial charge in [0.15, 0.2) is 5.82 Å². The molecule has 2 aromatic carbocycles. The molecule has 1 atom stereocenters. The van der Waals surface area contributed by atoms with Crippen molar-refractivity contribution in [3.05, 3.63) is 81.5 Å². The number of carboxylic acid groups (broad SMARTS) is 1. The van der Waals surface area contributed by atoms with E-state index in [9.17, 15) is 14.7 Å². The molecule has 5 N–H and O–H groups in total. The fourth-order valence-electron chi connectivity index (χ4n) is 6.89. The van der Waals surface area contributed by atoms with Crippen LogP contribution in [0.15, 0.2) is 60.9 Å². The predicted molar refractivity (Wildman–Crippen MR) is 205 cm³/mol. The molecule has 1 amide bonds. The molecule has 7 rings (SSSR count). The fraction of sp³-hybridized carbons (Fsp3) is 0.342. The lowest BCUT2D eigenvalue weighted by Gasteiger charge is -2.26. The van der Waals surface area contributed by atoms with E-state index in [-0.39, 0.29) is 23.9 Å². The minimum atomic E-state index is -0.697. The Morgan fingerprint density at radius 1 is 1.00 bits per heavy atom. The smallest absolute Gasteiger partial charge is 0.306 e. The summed E-state index contributed by atoms with van der Waals surface area (Å²) in [4.78, 5) is 37.1. The van der Waals surface area contributed by atoms with Gasteiger partial charge in [-0.1, -0.05) is 53.5 Å². The highest BCUT2D eigenvalue weighted by Crippen LogP contribution is 2.42. The van der Waals surface area contributed by atoms with E-state index in [0.717, 1.165) is 56.7 Å². The second-order valence-corrected chi connectivity index (χ2v) is 15.0. The number of aromatic nitrogens is 3. The Hall–Kier alpha value is -4.33. The maximum atomic E-state index is 11.5. The Kier molecular flexibility index (Phi) is 11.2. The number of thiazole rings is 1. The Balaban J connectivity index is 1.07. The van der Waals surface area contributed by atoms with Crippen molar-refractivity contribution in [2.75, 3.05) is 19.0 Å². The van der Waals surface area contributed by atoms with Gasteiger partial charge in [0.05, 0.1) is 39.2 Å². The molecule has 5 aromatic rings. The Labute approximate surface area is 315 Å². The first-order valence-corrected chi connectivity index (χ1v) is 18.9. The van der Waals surface area contributed by atoms with E-state index in [1.807, 2.05) is 48.5 Å². The van der Waals surface area contributed by atoms with Crippen LogP contribution in [0.25, 0.3) is 32.6 Å². The molecular weight excluding hydrogens is 721 g/mol. The van der Waals surface area contributed by atoms with Crippen LogP contribution >= 0.6 is 34.5 Å². The third kappa shape index (κ3) is 8.01. The van der Waals surface area contributed by atoms with E-state index in [1.165, 1.54) is 0 Å². The number of nitrogens with one attached hydrogen (secondary N) is 4. The summed E-state index contributed by atoms with van der Waals surface area (Å²) in [7, 11) is 1.63. The van der Waals surface area contributed by atoms with Crippen molar-refractivity contribution in [1.29, 1.82) is 0 Å². The van der Waals surface area contributed by atoms with E-state index in [1.54, 1.807) is 30.8 Å². The van der Waals surface area contributed by atoms with Gasteiger partial charge >= 0.3 is 5.97 Å². The number of pyridine rings is 2. The van der Waals surface area contributed by atoms with Crippen LogP contribution in [0.1, 0.15) is 49.1 Å². The highest BCUT2D eigenvalue weighted by molar-refractivity contribution is 7.18. The molecule has 1 aliphatic heterocycles. The number of nitrogens with zero attached hydrogens (tertiary/aromatic N) is 3. The molecule has 4 heterocycles. The normalized spacial score (nSPS) is 18.8. The number of aliphatic carboxylic acids is 1. The molecule has 0 bridgehead atoms. The van der Waals surface area contributed by atoms with Gasteiger partial charge < -0.3 is 31.1 Å². The number of amides is 1. The molecule has 1 saturated carbocycles. The third-order valence-corrected chi connectivity index (χ3v) is 11.6. The van der Waals surface area contributed by atoms with Crippen LogP contribution in [0.3, 0.4) is 0 Å². The molecule has 11 nitrogen and oxygen atoms in total. The number of methoxy groups -OCH3 is 1. The number of fused-ring (bicyclic) bond motifs is 1. The van der Waals surface area contributed by atoms with Crippen LogP contribution in [0.2, 0.25) is 10.0 Å². The average molecular weight is 761 g/mol. The van der Waals surface area contributed by atoms with Crippen molar-refractivity contribution in [2.45, 2.75) is 63.7 Å². The van der Waals surface area contributed by atoms with Gasteiger partial charge in [-0.2, -0.15) is 0 Å². The largest absolute Gasteiger partial charge is 0.496 e. The molecule has 52 heavy (non-hydrogen) atoms. The van der Waals surface area contributed by atoms with E-state index < -0.39 is 5.97 Å². The van der Waals surface area contributed by atoms with Crippen molar-refractivity contribution in [2.24, 2.45) is 5.92 Å². The molecule has 1 saturated heterocycles. The van der Waals surface area contributed by atoms with Gasteiger partial charge in [0.2, 0.25) is 5.91 Å². The zero-order chi connectivity index (χ0) is 36.2. The maximum Gasteiger partial charge on any atom is 0.306 e. The van der Waals surface area contributed by atoms with Crippen molar-refractivity contribution < 1.29 is 19.4 Å². The Morgan fingerprint density at radius 3 is 2.52 bits per heavy atom. The molecule has 1 aliphatic carbocycles. The SMILES string of the molecule is COc1cc(-c2cccc(-c3cccc(Nc4nccc5sc(CNC6CCC(C(=O)O)CC6)nc45)c3Cl)c2Cl)ncc1CNC[C@@H]1CCC(=O)N1. The summed E-state index contributed by atoms with van der Waals surface area (Å²) < 4.78 is 6.72. The van der Waals surface area contributed by atoms with Gasteiger partial charge in [0, 0.05) is 78.9 Å². The molecule has 270 valence electrons. The van der Waals surface area contributed by atoms with Crippen molar-refractivity contribution in [1.82, 2.24) is 30.9 Å². The highest BCUT2D eigenvalue weighted by Gasteiger charge is 2.26. The summed E-state index contributed by atoms with van der Waals surface area (Å²) in [5.74, 6) is 0.442. The summed E-state index contributed by atoms with van der Waals surface area (Å²) in [6.45, 7) is 1.82. The van der Waals surface area contributed by atoms with Crippen LogP contribution in [0.4, 0.5) is 11.5 Å². The topological polar surface area (TPSA) is 150 Å². The zero-order valence-electron chi connectivity index (χ0n) is 28.5. The summed E-state index contributed by atoms with van der Waals surface area (Å²) in [6.07, 6.45) is 8.02. The first-order valence-electron chi connectivity index (χ1n) is 17.4. The fourth-order valence-corrected chi connectivity index (χ4v) is 8.41. The van der Waals surface area contributed by atoms with E-state index in [4.69, 9.17) is 37.9 Å². The number of hydrogen-bond acceptors (Lipinski definition) is 10. The lowest BCUT2D eigenvalue weighted by atomic mass is 9.86. The number of carbonyl (C=O) groups is 2. The van der Waals surface area contributed by atoms with Crippen LogP contribution in [0.5, 0.6) is 5.75 Å². The van der Waals surface area contributed by atoms with E-state index in [2.05, 4.69) is 26.3 Å². The maximum absolute atomic E-state index is 11.5. The Morgan fingerprint density at radius 2 is 1.77 bits per heavy atom. The molecule has 3 aromatic heterocycles.